The van der Waals surface area contributed by atoms with Gasteiger partial charge in [0.15, 0.2) is 0 Å². The van der Waals surface area contributed by atoms with E-state index in [9.17, 15) is 19.2 Å². The van der Waals surface area contributed by atoms with Crippen LogP contribution in [-0.2, 0) is 22.7 Å². The van der Waals surface area contributed by atoms with Gasteiger partial charge in [0.2, 0.25) is 11.8 Å². The second-order valence-electron chi connectivity index (χ2n) is 8.33. The number of aryl methyl sites for hydroxylation is 2. The molecule has 4 heterocycles. The van der Waals surface area contributed by atoms with Crippen LogP contribution in [0.15, 0.2) is 28.8 Å². The molecular weight excluding hydrogens is 426 g/mol. The minimum absolute atomic E-state index is 0.210. The first-order valence-electron chi connectivity index (χ1n) is 10.6. The van der Waals surface area contributed by atoms with E-state index >= 15 is 0 Å². The minimum Gasteiger partial charge on any atom is -0.348 e. The van der Waals surface area contributed by atoms with Gasteiger partial charge in [0.1, 0.15) is 6.04 Å². The molecule has 2 aromatic heterocycles. The van der Waals surface area contributed by atoms with Crippen LogP contribution in [0.25, 0.3) is 11.1 Å². The Morgan fingerprint density at radius 2 is 2.06 bits per heavy atom. The SMILES string of the molecule is Cc1cc(C(=O)NCc2ccc3c(c2)C(=O)N(C2CCC(=O)NC2=O)C3)c2c(C)noc2n1. The standard InChI is InChI=1S/C23H21N5O5/c1-11-7-16(19-12(2)27-33-22(19)25-11)20(30)24-9-13-3-4-14-10-28(23(32)15(14)8-13)17-5-6-18(29)26-21(17)31/h3-4,7-8,17H,5-6,9-10H2,1-2H3,(H,24,30)(H,26,29,31). The topological polar surface area (TPSA) is 134 Å². The van der Waals surface area contributed by atoms with Crippen LogP contribution < -0.4 is 10.6 Å². The van der Waals surface area contributed by atoms with Crippen LogP contribution in [0.1, 0.15) is 56.1 Å². The van der Waals surface area contributed by atoms with E-state index in [-0.39, 0.29) is 30.7 Å². The van der Waals surface area contributed by atoms with E-state index in [1.165, 1.54) is 4.90 Å². The summed E-state index contributed by atoms with van der Waals surface area (Å²) in [4.78, 5) is 55.3. The molecular formula is C23H21N5O5. The quantitative estimate of drug-likeness (QED) is 0.579. The fourth-order valence-electron chi connectivity index (χ4n) is 4.39. The maximum absolute atomic E-state index is 13.0. The highest BCUT2D eigenvalue weighted by Gasteiger charge is 2.39. The van der Waals surface area contributed by atoms with E-state index in [0.717, 1.165) is 11.1 Å². The van der Waals surface area contributed by atoms with Crippen molar-refractivity contribution in [3.8, 4) is 0 Å². The van der Waals surface area contributed by atoms with Crippen LogP contribution in [-0.4, -0.2) is 44.7 Å². The average Bonchev–Trinajstić information content (AvgIpc) is 3.31. The Labute approximate surface area is 188 Å². The predicted octanol–water partition coefficient (Wildman–Crippen LogP) is 1.53. The number of nitrogens with zero attached hydrogens (tertiary/aromatic N) is 3. The summed E-state index contributed by atoms with van der Waals surface area (Å²) in [7, 11) is 0. The van der Waals surface area contributed by atoms with E-state index in [2.05, 4.69) is 20.8 Å². The molecule has 10 heteroatoms. The van der Waals surface area contributed by atoms with Crippen LogP contribution in [0, 0.1) is 13.8 Å². The number of hydrogen-bond donors (Lipinski definition) is 2. The Bertz CT molecular complexity index is 1340. The zero-order chi connectivity index (χ0) is 23.3. The lowest BCUT2D eigenvalue weighted by molar-refractivity contribution is -0.136. The number of pyridine rings is 1. The molecule has 0 aliphatic carbocycles. The van der Waals surface area contributed by atoms with E-state index in [0.29, 0.717) is 46.6 Å². The van der Waals surface area contributed by atoms with Crippen molar-refractivity contribution in [2.75, 3.05) is 0 Å². The molecule has 0 radical (unpaired) electrons. The molecule has 1 aromatic carbocycles. The van der Waals surface area contributed by atoms with Crippen molar-refractivity contribution in [3.05, 3.63) is 57.9 Å². The van der Waals surface area contributed by atoms with E-state index in [1.54, 1.807) is 26.0 Å². The number of fused-ring (bicyclic) bond motifs is 2. The molecule has 1 fully saturated rings. The van der Waals surface area contributed by atoms with Crippen molar-refractivity contribution in [2.45, 2.75) is 45.8 Å². The summed E-state index contributed by atoms with van der Waals surface area (Å²) in [5.41, 5.74) is 4.03. The smallest absolute Gasteiger partial charge is 0.258 e. The summed E-state index contributed by atoms with van der Waals surface area (Å²) in [5, 5.41) is 9.64. The van der Waals surface area contributed by atoms with Crippen molar-refractivity contribution in [3.63, 3.8) is 0 Å². The summed E-state index contributed by atoms with van der Waals surface area (Å²) >= 11 is 0. The lowest BCUT2D eigenvalue weighted by Crippen LogP contribution is -2.52. The van der Waals surface area contributed by atoms with Gasteiger partial charge in [-0.1, -0.05) is 17.3 Å². The molecule has 0 spiro atoms. The van der Waals surface area contributed by atoms with Crippen LogP contribution in [0.2, 0.25) is 0 Å². The second kappa shape index (κ2) is 7.80. The highest BCUT2D eigenvalue weighted by molar-refractivity contribution is 6.06. The summed E-state index contributed by atoms with van der Waals surface area (Å²) in [6, 6.07) is 6.45. The van der Waals surface area contributed by atoms with Crippen LogP contribution >= 0.6 is 0 Å². The number of benzene rings is 1. The van der Waals surface area contributed by atoms with Crippen molar-refractivity contribution >= 4 is 34.7 Å². The third kappa shape index (κ3) is 3.63. The summed E-state index contributed by atoms with van der Waals surface area (Å²) in [6.07, 6.45) is 0.524. The van der Waals surface area contributed by atoms with Gasteiger partial charge in [0, 0.05) is 30.8 Å². The first kappa shape index (κ1) is 20.8. The summed E-state index contributed by atoms with van der Waals surface area (Å²) in [5.74, 6) is -1.31. The molecule has 4 amide bonds. The number of hydrogen-bond acceptors (Lipinski definition) is 7. The van der Waals surface area contributed by atoms with Gasteiger partial charge in [-0.15, -0.1) is 0 Å². The Morgan fingerprint density at radius 1 is 1.24 bits per heavy atom. The molecule has 168 valence electrons. The van der Waals surface area contributed by atoms with Crippen LogP contribution in [0.4, 0.5) is 0 Å². The van der Waals surface area contributed by atoms with Crippen molar-refractivity contribution in [1.29, 1.82) is 0 Å². The molecule has 2 aliphatic heterocycles. The Morgan fingerprint density at radius 3 is 2.85 bits per heavy atom. The first-order valence-corrected chi connectivity index (χ1v) is 10.6. The second-order valence-corrected chi connectivity index (χ2v) is 8.33. The van der Waals surface area contributed by atoms with Crippen LogP contribution in [0.5, 0.6) is 0 Å². The number of carbonyl (C=O) groups excluding carboxylic acids is 4. The largest absolute Gasteiger partial charge is 0.348 e. The number of imide groups is 1. The fraction of sp³-hybridized carbons (Fsp3) is 0.304. The van der Waals surface area contributed by atoms with E-state index < -0.39 is 11.9 Å². The van der Waals surface area contributed by atoms with Crippen molar-refractivity contribution in [1.82, 2.24) is 25.7 Å². The third-order valence-electron chi connectivity index (χ3n) is 6.04. The average molecular weight is 447 g/mol. The molecule has 2 aliphatic rings. The van der Waals surface area contributed by atoms with Gasteiger partial charge < -0.3 is 14.7 Å². The molecule has 5 rings (SSSR count). The zero-order valence-electron chi connectivity index (χ0n) is 18.1. The third-order valence-corrected chi connectivity index (χ3v) is 6.04. The molecule has 1 atom stereocenters. The van der Waals surface area contributed by atoms with Crippen molar-refractivity contribution < 1.29 is 23.7 Å². The van der Waals surface area contributed by atoms with E-state index in [4.69, 9.17) is 4.52 Å². The van der Waals surface area contributed by atoms with Crippen LogP contribution in [0.3, 0.4) is 0 Å². The normalized spacial score (nSPS) is 17.9. The van der Waals surface area contributed by atoms with Crippen molar-refractivity contribution in [2.24, 2.45) is 0 Å². The maximum atomic E-state index is 13.0. The molecule has 1 unspecified atom stereocenters. The minimum atomic E-state index is -0.657. The molecule has 1 saturated heterocycles. The number of amides is 4. The Balaban J connectivity index is 1.32. The van der Waals surface area contributed by atoms with Gasteiger partial charge in [-0.3, -0.25) is 24.5 Å². The number of nitrogens with one attached hydrogen (secondary N) is 2. The number of rotatable bonds is 4. The molecule has 10 nitrogen and oxygen atoms in total. The molecule has 33 heavy (non-hydrogen) atoms. The number of piperidine rings is 1. The van der Waals surface area contributed by atoms with E-state index in [1.807, 2.05) is 12.1 Å². The molecule has 0 bridgehead atoms. The molecule has 0 saturated carbocycles. The first-order chi connectivity index (χ1) is 15.8. The Hall–Kier alpha value is -4.08. The zero-order valence-corrected chi connectivity index (χ0v) is 18.1. The molecule has 2 N–H and O–H groups in total. The predicted molar refractivity (Wildman–Crippen MR) is 115 cm³/mol. The van der Waals surface area contributed by atoms with Gasteiger partial charge >= 0.3 is 0 Å². The van der Waals surface area contributed by atoms with Gasteiger partial charge in [0.25, 0.3) is 17.5 Å². The summed E-state index contributed by atoms with van der Waals surface area (Å²) < 4.78 is 5.19. The van der Waals surface area contributed by atoms with Gasteiger partial charge in [-0.2, -0.15) is 0 Å². The number of aromatic nitrogens is 2. The van der Waals surface area contributed by atoms with Gasteiger partial charge in [-0.25, -0.2) is 4.98 Å². The fourth-order valence-corrected chi connectivity index (χ4v) is 4.39. The number of carbonyl (C=O) groups is 4. The Kier molecular flexibility index (Phi) is 4.92. The maximum Gasteiger partial charge on any atom is 0.258 e. The van der Waals surface area contributed by atoms with Gasteiger partial charge in [0.05, 0.1) is 16.6 Å². The highest BCUT2D eigenvalue weighted by Crippen LogP contribution is 2.28. The molecule has 3 aromatic rings. The lowest BCUT2D eigenvalue weighted by Gasteiger charge is -2.29. The van der Waals surface area contributed by atoms with Gasteiger partial charge in [-0.05, 0) is 43.5 Å². The highest BCUT2D eigenvalue weighted by atomic mass is 16.5. The summed E-state index contributed by atoms with van der Waals surface area (Å²) in [6.45, 7) is 4.05. The lowest BCUT2D eigenvalue weighted by atomic mass is 10.0. The monoisotopic (exact) mass is 447 g/mol.